The van der Waals surface area contributed by atoms with Gasteiger partial charge in [-0.1, -0.05) is 37.0 Å². The molecule has 0 heterocycles. The first-order valence-corrected chi connectivity index (χ1v) is 8.13. The van der Waals surface area contributed by atoms with Crippen molar-refractivity contribution >= 4 is 41.7 Å². The molecular formula is C8H15Cl2O5PS. The second kappa shape index (κ2) is 9.53. The Morgan fingerprint density at radius 3 is 2.35 bits per heavy atom. The van der Waals surface area contributed by atoms with Crippen molar-refractivity contribution in [1.29, 1.82) is 0 Å². The van der Waals surface area contributed by atoms with Gasteiger partial charge in [-0.3, -0.25) is 0 Å². The smallest absolute Gasteiger partial charge is 0.427 e. The van der Waals surface area contributed by atoms with Gasteiger partial charge < -0.3 is 4.52 Å². The van der Waals surface area contributed by atoms with Crippen molar-refractivity contribution in [2.75, 3.05) is 13.2 Å². The molecule has 9 heteroatoms. The first-order valence-electron chi connectivity index (χ1n) is 4.81. The van der Waals surface area contributed by atoms with E-state index < -0.39 is 6.72 Å². The minimum atomic E-state index is -3.20. The van der Waals surface area contributed by atoms with E-state index in [4.69, 9.17) is 53.8 Å². The van der Waals surface area contributed by atoms with Gasteiger partial charge in [-0.15, -0.1) is 9.35 Å². The number of hydrogen-bond donors (Lipinski definition) is 0. The molecule has 0 saturated carbocycles. The van der Waals surface area contributed by atoms with Gasteiger partial charge in [0.05, 0.1) is 13.2 Å². The standard InChI is InChI=1S/C8H15Cl2O5PS/c1-4-11-14-16(17,13-6-8(9)10)15-12-5-7(2)3/h6-7H,4-5H2,1-3H3. The summed E-state index contributed by atoms with van der Waals surface area (Å²) in [6, 6.07) is 0. The van der Waals surface area contributed by atoms with Crippen LogP contribution in [-0.4, -0.2) is 13.2 Å². The summed E-state index contributed by atoms with van der Waals surface area (Å²) in [4.78, 5) is 9.58. The maximum Gasteiger partial charge on any atom is 0.435 e. The Labute approximate surface area is 116 Å². The van der Waals surface area contributed by atoms with Crippen LogP contribution in [0.25, 0.3) is 0 Å². The maximum absolute atomic E-state index is 5.38. The van der Waals surface area contributed by atoms with Crippen LogP contribution in [0.3, 0.4) is 0 Å². The van der Waals surface area contributed by atoms with Crippen LogP contribution in [0.2, 0.25) is 0 Å². The van der Waals surface area contributed by atoms with E-state index in [9.17, 15) is 0 Å². The quantitative estimate of drug-likeness (QED) is 0.275. The van der Waals surface area contributed by atoms with Gasteiger partial charge in [-0.2, -0.15) is 0 Å². The monoisotopic (exact) mass is 324 g/mol. The molecule has 0 fully saturated rings. The van der Waals surface area contributed by atoms with E-state index in [0.29, 0.717) is 6.61 Å². The lowest BCUT2D eigenvalue weighted by atomic mass is 10.2. The van der Waals surface area contributed by atoms with Crippen LogP contribution in [0, 0.1) is 5.92 Å². The van der Waals surface area contributed by atoms with Gasteiger partial charge in [-0.25, -0.2) is 9.78 Å². The zero-order valence-electron chi connectivity index (χ0n) is 9.72. The molecule has 1 atom stereocenters. The summed E-state index contributed by atoms with van der Waals surface area (Å²) in [7, 11) is 0. The van der Waals surface area contributed by atoms with Crippen molar-refractivity contribution in [1.82, 2.24) is 0 Å². The third kappa shape index (κ3) is 10.2. The fraction of sp³-hybridized carbons (Fsp3) is 0.750. The molecule has 0 aromatic rings. The third-order valence-corrected chi connectivity index (χ3v) is 2.82. The highest BCUT2D eigenvalue weighted by Gasteiger charge is 2.24. The van der Waals surface area contributed by atoms with E-state index in [-0.39, 0.29) is 17.0 Å². The normalized spacial score (nSPS) is 14.5. The van der Waals surface area contributed by atoms with E-state index in [2.05, 4.69) is 4.89 Å². The Balaban J connectivity index is 4.28. The van der Waals surface area contributed by atoms with E-state index in [0.717, 1.165) is 6.26 Å². The minimum Gasteiger partial charge on any atom is -0.427 e. The molecule has 17 heavy (non-hydrogen) atoms. The summed E-state index contributed by atoms with van der Waals surface area (Å²) in [6.45, 7) is 3.05. The van der Waals surface area contributed by atoms with Crippen LogP contribution < -0.4 is 0 Å². The Bertz CT molecular complexity index is 283. The molecule has 0 saturated heterocycles. The first kappa shape index (κ1) is 17.6. The molecule has 0 aliphatic rings. The maximum atomic E-state index is 5.38. The fourth-order valence-electron chi connectivity index (χ4n) is 0.500. The van der Waals surface area contributed by atoms with Crippen molar-refractivity contribution in [3.63, 3.8) is 0 Å². The van der Waals surface area contributed by atoms with Gasteiger partial charge in [0.1, 0.15) is 10.8 Å². The molecule has 0 aliphatic carbocycles. The van der Waals surface area contributed by atoms with Gasteiger partial charge in [0.15, 0.2) is 0 Å². The lowest BCUT2D eigenvalue weighted by Gasteiger charge is -2.17. The highest BCUT2D eigenvalue weighted by molar-refractivity contribution is 8.07. The van der Waals surface area contributed by atoms with Gasteiger partial charge in [0.25, 0.3) is 0 Å². The first-order chi connectivity index (χ1) is 7.89. The Hall–Kier alpha value is 0.610. The average molecular weight is 325 g/mol. The van der Waals surface area contributed by atoms with Gasteiger partial charge in [-0.05, 0) is 12.8 Å². The summed E-state index contributed by atoms with van der Waals surface area (Å²) in [6.07, 6.45) is 1.00. The SMILES string of the molecule is CCOOP(=S)(OC=C(Cl)Cl)OOCC(C)C. The third-order valence-electron chi connectivity index (χ3n) is 1.08. The van der Waals surface area contributed by atoms with Crippen molar-refractivity contribution in [2.24, 2.45) is 5.92 Å². The predicted molar refractivity (Wildman–Crippen MR) is 69.7 cm³/mol. The summed E-state index contributed by atoms with van der Waals surface area (Å²) < 4.78 is 14.6. The van der Waals surface area contributed by atoms with Crippen LogP contribution in [-0.2, 0) is 35.5 Å². The van der Waals surface area contributed by atoms with E-state index in [1.807, 2.05) is 13.8 Å². The average Bonchev–Trinajstić information content (AvgIpc) is 2.23. The molecule has 0 spiro atoms. The topological polar surface area (TPSA) is 46.2 Å². The summed E-state index contributed by atoms with van der Waals surface area (Å²) in [5, 5.41) is 0. The van der Waals surface area contributed by atoms with Crippen molar-refractivity contribution in [3.05, 3.63) is 10.8 Å². The summed E-state index contributed by atoms with van der Waals surface area (Å²) in [5.41, 5.74) is 0. The summed E-state index contributed by atoms with van der Waals surface area (Å²) in [5.74, 6) is 0.276. The largest absolute Gasteiger partial charge is 0.435 e. The molecule has 0 rings (SSSR count). The van der Waals surface area contributed by atoms with Crippen molar-refractivity contribution < 1.29 is 23.6 Å². The summed E-state index contributed by atoms with van der Waals surface area (Å²) >= 11 is 15.7. The molecule has 0 aromatic heterocycles. The number of rotatable bonds is 9. The number of hydrogen-bond acceptors (Lipinski definition) is 6. The highest BCUT2D eigenvalue weighted by atomic mass is 35.5. The molecule has 102 valence electrons. The van der Waals surface area contributed by atoms with E-state index >= 15 is 0 Å². The Kier molecular flexibility index (Phi) is 9.87. The van der Waals surface area contributed by atoms with Crippen LogP contribution in [0.1, 0.15) is 20.8 Å². The molecule has 0 N–H and O–H groups in total. The highest BCUT2D eigenvalue weighted by Crippen LogP contribution is 2.51. The van der Waals surface area contributed by atoms with Crippen LogP contribution >= 0.6 is 29.9 Å². The molecule has 5 nitrogen and oxygen atoms in total. The molecular weight excluding hydrogens is 310 g/mol. The van der Waals surface area contributed by atoms with Crippen molar-refractivity contribution in [3.8, 4) is 0 Å². The Morgan fingerprint density at radius 2 is 1.88 bits per heavy atom. The minimum absolute atomic E-state index is 0.119. The van der Waals surface area contributed by atoms with Gasteiger partial charge in [0, 0.05) is 11.8 Å². The molecule has 0 aliphatic heterocycles. The Morgan fingerprint density at radius 1 is 1.29 bits per heavy atom. The van der Waals surface area contributed by atoms with Crippen LogP contribution in [0.4, 0.5) is 0 Å². The van der Waals surface area contributed by atoms with E-state index in [1.165, 1.54) is 0 Å². The second-order valence-electron chi connectivity index (χ2n) is 3.19. The molecule has 0 aromatic carbocycles. The van der Waals surface area contributed by atoms with Crippen LogP contribution in [0.15, 0.2) is 10.8 Å². The molecule has 0 amide bonds. The zero-order valence-corrected chi connectivity index (χ0v) is 12.9. The zero-order chi connectivity index (χ0) is 13.3. The van der Waals surface area contributed by atoms with E-state index in [1.54, 1.807) is 6.92 Å². The molecule has 0 radical (unpaired) electrons. The molecule has 1 unspecified atom stereocenters. The molecule has 0 bridgehead atoms. The van der Waals surface area contributed by atoms with Gasteiger partial charge in [0.2, 0.25) is 0 Å². The van der Waals surface area contributed by atoms with Gasteiger partial charge >= 0.3 is 6.72 Å². The van der Waals surface area contributed by atoms with Crippen molar-refractivity contribution in [2.45, 2.75) is 20.8 Å². The van der Waals surface area contributed by atoms with Crippen LogP contribution in [0.5, 0.6) is 0 Å². The fourth-order valence-corrected chi connectivity index (χ4v) is 1.85. The lowest BCUT2D eigenvalue weighted by molar-refractivity contribution is -0.270. The lowest BCUT2D eigenvalue weighted by Crippen LogP contribution is -2.04. The predicted octanol–water partition coefficient (Wildman–Crippen LogP) is 4.08. The number of halogens is 2. The second-order valence-corrected chi connectivity index (χ2v) is 6.95.